The fraction of sp³-hybridized carbons (Fsp3) is 0.409. The molecule has 1 saturated heterocycles. The van der Waals surface area contributed by atoms with Crippen LogP contribution in [0.4, 0.5) is 5.69 Å². The lowest BCUT2D eigenvalue weighted by atomic mass is 9.87. The van der Waals surface area contributed by atoms with Gasteiger partial charge in [-0.25, -0.2) is 0 Å². The van der Waals surface area contributed by atoms with Crippen molar-refractivity contribution in [1.82, 2.24) is 4.90 Å². The molecule has 1 heterocycles. The van der Waals surface area contributed by atoms with Crippen LogP contribution in [0.1, 0.15) is 42.3 Å². The topological polar surface area (TPSA) is 23.6 Å². The van der Waals surface area contributed by atoms with Gasteiger partial charge in [-0.2, -0.15) is 0 Å². The highest BCUT2D eigenvalue weighted by molar-refractivity contribution is 5.94. The predicted molar refractivity (Wildman–Crippen MR) is 104 cm³/mol. The molecule has 2 aromatic rings. The number of carbonyl (C=O) groups excluding carboxylic acids is 1. The van der Waals surface area contributed by atoms with Crippen LogP contribution >= 0.6 is 0 Å². The van der Waals surface area contributed by atoms with Gasteiger partial charge in [-0.1, -0.05) is 50.6 Å². The van der Waals surface area contributed by atoms with E-state index in [1.165, 1.54) is 11.3 Å². The SMILES string of the molecule is Cc1cccc(C(=O)N2CCN(c3ccc(C(C)(C)C)cc3)CC2)c1. The highest BCUT2D eigenvalue weighted by Crippen LogP contribution is 2.25. The average Bonchev–Trinajstić information content (AvgIpc) is 2.61. The van der Waals surface area contributed by atoms with Gasteiger partial charge in [0, 0.05) is 37.4 Å². The maximum absolute atomic E-state index is 12.7. The van der Waals surface area contributed by atoms with Gasteiger partial charge in [0.2, 0.25) is 0 Å². The maximum atomic E-state index is 12.7. The maximum Gasteiger partial charge on any atom is 0.253 e. The zero-order valence-corrected chi connectivity index (χ0v) is 15.7. The Kier molecular flexibility index (Phi) is 4.85. The van der Waals surface area contributed by atoms with Gasteiger partial charge in [0.25, 0.3) is 5.91 Å². The molecular formula is C22H28N2O. The van der Waals surface area contributed by atoms with Crippen molar-refractivity contribution in [3.8, 4) is 0 Å². The Hall–Kier alpha value is -2.29. The van der Waals surface area contributed by atoms with Crippen LogP contribution in [-0.4, -0.2) is 37.0 Å². The molecule has 0 N–H and O–H groups in total. The van der Waals surface area contributed by atoms with E-state index in [9.17, 15) is 4.79 Å². The molecule has 0 unspecified atom stereocenters. The molecule has 0 bridgehead atoms. The molecule has 1 fully saturated rings. The lowest BCUT2D eigenvalue weighted by molar-refractivity contribution is 0.0746. The molecule has 1 aliphatic heterocycles. The van der Waals surface area contributed by atoms with Crippen molar-refractivity contribution in [2.45, 2.75) is 33.1 Å². The van der Waals surface area contributed by atoms with Gasteiger partial charge in [-0.05, 0) is 42.2 Å². The Morgan fingerprint density at radius 2 is 1.56 bits per heavy atom. The Morgan fingerprint density at radius 3 is 2.12 bits per heavy atom. The number of hydrogen-bond acceptors (Lipinski definition) is 2. The van der Waals surface area contributed by atoms with Gasteiger partial charge in [-0.15, -0.1) is 0 Å². The number of hydrogen-bond donors (Lipinski definition) is 0. The van der Waals surface area contributed by atoms with Crippen molar-refractivity contribution in [2.24, 2.45) is 0 Å². The summed E-state index contributed by atoms with van der Waals surface area (Å²) in [4.78, 5) is 17.0. The minimum Gasteiger partial charge on any atom is -0.368 e. The van der Waals surface area contributed by atoms with Crippen molar-refractivity contribution in [2.75, 3.05) is 31.1 Å². The standard InChI is InChI=1S/C22H28N2O/c1-17-6-5-7-18(16-17)21(25)24-14-12-23(13-15-24)20-10-8-19(9-11-20)22(2,3)4/h5-11,16H,12-15H2,1-4H3. The molecule has 0 spiro atoms. The number of rotatable bonds is 2. The van der Waals surface area contributed by atoms with Crippen molar-refractivity contribution in [1.29, 1.82) is 0 Å². The molecule has 0 saturated carbocycles. The van der Waals surface area contributed by atoms with Crippen LogP contribution in [0.3, 0.4) is 0 Å². The first-order valence-electron chi connectivity index (χ1n) is 9.06. The summed E-state index contributed by atoms with van der Waals surface area (Å²) in [5.74, 6) is 0.145. The number of nitrogens with zero attached hydrogens (tertiary/aromatic N) is 2. The van der Waals surface area contributed by atoms with E-state index in [-0.39, 0.29) is 11.3 Å². The molecule has 0 radical (unpaired) electrons. The molecule has 3 rings (SSSR count). The number of amides is 1. The van der Waals surface area contributed by atoms with E-state index in [0.717, 1.165) is 37.3 Å². The number of piperazine rings is 1. The van der Waals surface area contributed by atoms with Crippen LogP contribution in [0.2, 0.25) is 0 Å². The second-order valence-electron chi connectivity index (χ2n) is 7.95. The summed E-state index contributed by atoms with van der Waals surface area (Å²) in [5.41, 5.74) is 4.70. The van der Waals surface area contributed by atoms with E-state index in [0.29, 0.717) is 0 Å². The minimum atomic E-state index is 0.145. The zero-order valence-electron chi connectivity index (χ0n) is 15.7. The minimum absolute atomic E-state index is 0.145. The molecule has 1 amide bonds. The third-order valence-electron chi connectivity index (χ3n) is 4.93. The largest absolute Gasteiger partial charge is 0.368 e. The summed E-state index contributed by atoms with van der Waals surface area (Å²) < 4.78 is 0. The summed E-state index contributed by atoms with van der Waals surface area (Å²) in [6.45, 7) is 12.0. The second-order valence-corrected chi connectivity index (χ2v) is 7.95. The Labute approximate surface area is 151 Å². The van der Waals surface area contributed by atoms with Crippen molar-refractivity contribution >= 4 is 11.6 Å². The fourth-order valence-corrected chi connectivity index (χ4v) is 3.30. The molecule has 132 valence electrons. The first kappa shape index (κ1) is 17.5. The third-order valence-corrected chi connectivity index (χ3v) is 4.93. The lowest BCUT2D eigenvalue weighted by Crippen LogP contribution is -2.48. The monoisotopic (exact) mass is 336 g/mol. The van der Waals surface area contributed by atoms with E-state index in [4.69, 9.17) is 0 Å². The predicted octanol–water partition coefficient (Wildman–Crippen LogP) is 4.25. The Bertz CT molecular complexity index is 735. The average molecular weight is 336 g/mol. The van der Waals surface area contributed by atoms with Gasteiger partial charge in [0.1, 0.15) is 0 Å². The zero-order chi connectivity index (χ0) is 18.0. The van der Waals surface area contributed by atoms with E-state index in [2.05, 4.69) is 49.9 Å². The summed E-state index contributed by atoms with van der Waals surface area (Å²) in [7, 11) is 0. The molecule has 0 aromatic heterocycles. The van der Waals surface area contributed by atoms with E-state index >= 15 is 0 Å². The van der Waals surface area contributed by atoms with Crippen LogP contribution in [0, 0.1) is 6.92 Å². The number of benzene rings is 2. The van der Waals surface area contributed by atoms with E-state index in [1.807, 2.05) is 36.1 Å². The van der Waals surface area contributed by atoms with Crippen LogP contribution < -0.4 is 4.90 Å². The van der Waals surface area contributed by atoms with Crippen molar-refractivity contribution < 1.29 is 4.79 Å². The van der Waals surface area contributed by atoms with Gasteiger partial charge >= 0.3 is 0 Å². The normalized spacial score (nSPS) is 15.4. The summed E-state index contributed by atoms with van der Waals surface area (Å²) in [6, 6.07) is 16.7. The van der Waals surface area contributed by atoms with Crippen LogP contribution in [0.15, 0.2) is 48.5 Å². The highest BCUT2D eigenvalue weighted by Gasteiger charge is 2.22. The lowest BCUT2D eigenvalue weighted by Gasteiger charge is -2.36. The van der Waals surface area contributed by atoms with Gasteiger partial charge < -0.3 is 9.80 Å². The van der Waals surface area contributed by atoms with Crippen LogP contribution in [-0.2, 0) is 5.41 Å². The molecule has 2 aromatic carbocycles. The van der Waals surface area contributed by atoms with Crippen molar-refractivity contribution in [3.63, 3.8) is 0 Å². The Balaban J connectivity index is 1.63. The van der Waals surface area contributed by atoms with Gasteiger partial charge in [-0.3, -0.25) is 4.79 Å². The second kappa shape index (κ2) is 6.91. The molecule has 3 heteroatoms. The first-order valence-corrected chi connectivity index (χ1v) is 9.06. The number of anilines is 1. The molecule has 25 heavy (non-hydrogen) atoms. The molecule has 3 nitrogen and oxygen atoms in total. The summed E-state index contributed by atoms with van der Waals surface area (Å²) in [6.07, 6.45) is 0. The molecule has 0 atom stereocenters. The molecular weight excluding hydrogens is 308 g/mol. The smallest absolute Gasteiger partial charge is 0.253 e. The Morgan fingerprint density at radius 1 is 0.920 bits per heavy atom. The van der Waals surface area contributed by atoms with Crippen LogP contribution in [0.25, 0.3) is 0 Å². The first-order chi connectivity index (χ1) is 11.8. The molecule has 0 aliphatic carbocycles. The van der Waals surface area contributed by atoms with Crippen LogP contribution in [0.5, 0.6) is 0 Å². The van der Waals surface area contributed by atoms with Gasteiger partial charge in [0.15, 0.2) is 0 Å². The number of carbonyl (C=O) groups is 1. The molecule has 1 aliphatic rings. The summed E-state index contributed by atoms with van der Waals surface area (Å²) >= 11 is 0. The third kappa shape index (κ3) is 4.04. The van der Waals surface area contributed by atoms with E-state index < -0.39 is 0 Å². The quantitative estimate of drug-likeness (QED) is 0.818. The van der Waals surface area contributed by atoms with E-state index in [1.54, 1.807) is 0 Å². The highest BCUT2D eigenvalue weighted by atomic mass is 16.2. The van der Waals surface area contributed by atoms with Crippen molar-refractivity contribution in [3.05, 3.63) is 65.2 Å². The summed E-state index contributed by atoms with van der Waals surface area (Å²) in [5, 5.41) is 0. The van der Waals surface area contributed by atoms with Gasteiger partial charge in [0.05, 0.1) is 0 Å². The fourth-order valence-electron chi connectivity index (χ4n) is 3.30. The number of aryl methyl sites for hydroxylation is 1.